The number of carbonyl (C=O) groups excluding carboxylic acids is 1. The van der Waals surface area contributed by atoms with Crippen LogP contribution in [0.1, 0.15) is 6.42 Å². The average molecular weight is 600 g/mol. The predicted octanol–water partition coefficient (Wildman–Crippen LogP) is 5.51. The summed E-state index contributed by atoms with van der Waals surface area (Å²) >= 11 is 13.7. The normalized spacial score (nSPS) is 11.1. The van der Waals surface area contributed by atoms with Crippen molar-refractivity contribution in [3.05, 3.63) is 70.7 Å². The molecule has 0 fully saturated rings. The first kappa shape index (κ1) is 29.8. The molecule has 3 aromatic rings. The molecule has 1 N–H and O–H groups in total. The van der Waals surface area contributed by atoms with Gasteiger partial charge in [0.25, 0.3) is 10.0 Å². The summed E-state index contributed by atoms with van der Waals surface area (Å²) in [4.78, 5) is 13.9. The van der Waals surface area contributed by atoms with E-state index in [9.17, 15) is 13.2 Å². The Morgan fingerprint density at radius 2 is 1.50 bits per heavy atom. The Kier molecular flexibility index (Phi) is 10.8. The first-order chi connectivity index (χ1) is 18.2. The molecule has 204 valence electrons. The van der Waals surface area contributed by atoms with E-state index in [0.717, 1.165) is 15.0 Å². The lowest BCUT2D eigenvalue weighted by atomic mass is 10.3. The first-order valence-electron chi connectivity index (χ1n) is 11.4. The van der Waals surface area contributed by atoms with Gasteiger partial charge in [0.15, 0.2) is 11.5 Å². The van der Waals surface area contributed by atoms with Crippen molar-refractivity contribution in [2.24, 2.45) is 0 Å². The SMILES string of the molecule is COc1ccc(S(=O)(=O)N(CC(=O)NCCCSc2ccc(Cl)cc2)c2cc(Cl)ccc2OC)cc1OC. The van der Waals surface area contributed by atoms with E-state index in [4.69, 9.17) is 37.4 Å². The number of thioether (sulfide) groups is 1. The molecule has 0 unspecified atom stereocenters. The predicted molar refractivity (Wildman–Crippen MR) is 152 cm³/mol. The molecule has 3 aromatic carbocycles. The summed E-state index contributed by atoms with van der Waals surface area (Å²) in [6.07, 6.45) is 0.682. The van der Waals surface area contributed by atoms with Gasteiger partial charge in [-0.1, -0.05) is 23.2 Å². The molecule has 12 heteroatoms. The fraction of sp³-hybridized carbons (Fsp3) is 0.269. The second-order valence-corrected chi connectivity index (χ2v) is 11.8. The number of hydrogen-bond donors (Lipinski definition) is 1. The van der Waals surface area contributed by atoms with Gasteiger partial charge in [0.1, 0.15) is 12.3 Å². The fourth-order valence-corrected chi connectivity index (χ4v) is 6.05. The van der Waals surface area contributed by atoms with E-state index in [1.54, 1.807) is 23.9 Å². The average Bonchev–Trinajstić information content (AvgIpc) is 2.92. The smallest absolute Gasteiger partial charge is 0.265 e. The van der Waals surface area contributed by atoms with E-state index >= 15 is 0 Å². The lowest BCUT2D eigenvalue weighted by Gasteiger charge is -2.26. The van der Waals surface area contributed by atoms with E-state index in [2.05, 4.69) is 5.32 Å². The number of methoxy groups -OCH3 is 3. The highest BCUT2D eigenvalue weighted by Gasteiger charge is 2.30. The van der Waals surface area contributed by atoms with E-state index in [1.807, 2.05) is 24.3 Å². The summed E-state index contributed by atoms with van der Waals surface area (Å²) in [5, 5.41) is 3.75. The van der Waals surface area contributed by atoms with Crippen molar-refractivity contribution in [3.8, 4) is 17.2 Å². The monoisotopic (exact) mass is 598 g/mol. The van der Waals surface area contributed by atoms with Crippen molar-refractivity contribution in [1.29, 1.82) is 0 Å². The molecule has 0 atom stereocenters. The summed E-state index contributed by atoms with van der Waals surface area (Å²) in [6.45, 7) is -0.117. The molecule has 0 bridgehead atoms. The summed E-state index contributed by atoms with van der Waals surface area (Å²) in [6, 6.07) is 16.3. The highest BCUT2D eigenvalue weighted by atomic mass is 35.5. The highest BCUT2D eigenvalue weighted by molar-refractivity contribution is 7.99. The minimum atomic E-state index is -4.25. The Morgan fingerprint density at radius 1 is 0.868 bits per heavy atom. The molecular formula is C26H28Cl2N2O6S2. The number of sulfonamides is 1. The van der Waals surface area contributed by atoms with Crippen LogP contribution < -0.4 is 23.8 Å². The van der Waals surface area contributed by atoms with Crippen molar-refractivity contribution in [2.45, 2.75) is 16.2 Å². The maximum atomic E-state index is 13.8. The Bertz CT molecular complexity index is 1350. The van der Waals surface area contributed by atoms with Crippen molar-refractivity contribution in [3.63, 3.8) is 0 Å². The van der Waals surface area contributed by atoms with Crippen LogP contribution in [0.4, 0.5) is 5.69 Å². The van der Waals surface area contributed by atoms with Gasteiger partial charge < -0.3 is 19.5 Å². The van der Waals surface area contributed by atoms with Gasteiger partial charge in [0.2, 0.25) is 5.91 Å². The molecular weight excluding hydrogens is 571 g/mol. The number of rotatable bonds is 13. The Labute approximate surface area is 237 Å². The largest absolute Gasteiger partial charge is 0.495 e. The first-order valence-corrected chi connectivity index (χ1v) is 14.6. The zero-order chi connectivity index (χ0) is 27.7. The summed E-state index contributed by atoms with van der Waals surface area (Å²) in [5.41, 5.74) is 0.128. The van der Waals surface area contributed by atoms with Gasteiger partial charge in [-0.25, -0.2) is 8.42 Å². The van der Waals surface area contributed by atoms with Crippen LogP contribution >= 0.6 is 35.0 Å². The van der Waals surface area contributed by atoms with Crippen LogP contribution in [-0.4, -0.2) is 54.5 Å². The van der Waals surface area contributed by atoms with Crippen molar-refractivity contribution < 1.29 is 27.4 Å². The van der Waals surface area contributed by atoms with E-state index in [-0.39, 0.29) is 27.1 Å². The molecule has 0 aliphatic rings. The van der Waals surface area contributed by atoms with Crippen LogP contribution in [0.25, 0.3) is 0 Å². The molecule has 0 radical (unpaired) electrons. The van der Waals surface area contributed by atoms with E-state index in [1.165, 1.54) is 45.6 Å². The highest BCUT2D eigenvalue weighted by Crippen LogP contribution is 2.37. The molecule has 8 nitrogen and oxygen atoms in total. The molecule has 0 aliphatic carbocycles. The summed E-state index contributed by atoms with van der Waals surface area (Å²) in [7, 11) is 0.0208. The third-order valence-corrected chi connectivity index (χ3v) is 8.71. The summed E-state index contributed by atoms with van der Waals surface area (Å²) in [5.74, 6) is 1.12. The van der Waals surface area contributed by atoms with Crippen molar-refractivity contribution >= 4 is 56.6 Å². The Morgan fingerprint density at radius 3 is 2.16 bits per heavy atom. The van der Waals surface area contributed by atoms with E-state index < -0.39 is 22.5 Å². The number of nitrogens with zero attached hydrogens (tertiary/aromatic N) is 1. The zero-order valence-corrected chi connectivity index (χ0v) is 24.2. The van der Waals surface area contributed by atoms with E-state index in [0.29, 0.717) is 23.7 Å². The van der Waals surface area contributed by atoms with Gasteiger partial charge in [-0.3, -0.25) is 9.10 Å². The lowest BCUT2D eigenvalue weighted by Crippen LogP contribution is -2.41. The number of hydrogen-bond acceptors (Lipinski definition) is 7. The molecule has 3 rings (SSSR count). The van der Waals surface area contributed by atoms with Crippen molar-refractivity contribution in [2.75, 3.05) is 44.5 Å². The Hall–Kier alpha value is -2.79. The van der Waals surface area contributed by atoms with Crippen LogP contribution in [-0.2, 0) is 14.8 Å². The molecule has 0 aliphatic heterocycles. The van der Waals surface area contributed by atoms with Crippen LogP contribution in [0.2, 0.25) is 10.0 Å². The number of ether oxygens (including phenoxy) is 3. The van der Waals surface area contributed by atoms with Gasteiger partial charge >= 0.3 is 0 Å². The Balaban J connectivity index is 1.79. The molecule has 0 saturated carbocycles. The molecule has 1 amide bonds. The lowest BCUT2D eigenvalue weighted by molar-refractivity contribution is -0.119. The molecule has 0 heterocycles. The van der Waals surface area contributed by atoms with Crippen LogP contribution in [0.3, 0.4) is 0 Å². The third-order valence-electron chi connectivity index (χ3n) is 5.37. The molecule has 38 heavy (non-hydrogen) atoms. The number of carbonyl (C=O) groups is 1. The quantitative estimate of drug-likeness (QED) is 0.205. The maximum Gasteiger partial charge on any atom is 0.265 e. The van der Waals surface area contributed by atoms with Crippen molar-refractivity contribution in [1.82, 2.24) is 5.32 Å². The third kappa shape index (κ3) is 7.63. The van der Waals surface area contributed by atoms with Crippen LogP contribution in [0.5, 0.6) is 17.2 Å². The van der Waals surface area contributed by atoms with Crippen LogP contribution in [0, 0.1) is 0 Å². The number of amides is 1. The van der Waals surface area contributed by atoms with Crippen LogP contribution in [0.15, 0.2) is 70.5 Å². The minimum Gasteiger partial charge on any atom is -0.495 e. The zero-order valence-electron chi connectivity index (χ0n) is 21.1. The second kappa shape index (κ2) is 13.8. The number of benzene rings is 3. The number of anilines is 1. The molecule has 0 spiro atoms. The minimum absolute atomic E-state index is 0.0932. The van der Waals surface area contributed by atoms with Gasteiger partial charge in [-0.15, -0.1) is 11.8 Å². The maximum absolute atomic E-state index is 13.8. The standard InChI is InChI=1S/C26H28Cl2N2O6S2/c1-34-23-11-7-19(28)15-22(23)30(38(32,33)21-10-12-24(35-2)25(16-21)36-3)17-26(31)29-13-4-14-37-20-8-5-18(27)6-9-20/h5-12,15-16H,4,13-14,17H2,1-3H3,(H,29,31). The number of nitrogens with one attached hydrogen (secondary N) is 1. The van der Waals surface area contributed by atoms with Gasteiger partial charge in [0.05, 0.1) is 31.9 Å². The van der Waals surface area contributed by atoms with Gasteiger partial charge in [-0.2, -0.15) is 0 Å². The molecule has 0 aromatic heterocycles. The van der Waals surface area contributed by atoms with Gasteiger partial charge in [0, 0.05) is 27.6 Å². The second-order valence-electron chi connectivity index (χ2n) is 7.85. The summed E-state index contributed by atoms with van der Waals surface area (Å²) < 4.78 is 44.5. The van der Waals surface area contributed by atoms with Gasteiger partial charge in [-0.05, 0) is 66.8 Å². The fourth-order valence-electron chi connectivity index (χ4n) is 3.47. The topological polar surface area (TPSA) is 94.2 Å². The molecule has 0 saturated heterocycles. The number of halogens is 2.